The van der Waals surface area contributed by atoms with Gasteiger partial charge in [-0.1, -0.05) is 91.0 Å². The number of aromatic nitrogens is 1. The maximum atomic E-state index is 14.4. The van der Waals surface area contributed by atoms with E-state index < -0.39 is 0 Å². The average molecular weight is 625 g/mol. The van der Waals surface area contributed by atoms with Crippen LogP contribution in [0, 0.1) is 0 Å². The Morgan fingerprint density at radius 1 is 0.702 bits per heavy atom. The summed E-state index contributed by atoms with van der Waals surface area (Å²) in [6, 6.07) is 35.1. The van der Waals surface area contributed by atoms with Crippen molar-refractivity contribution in [1.29, 1.82) is 0 Å². The second kappa shape index (κ2) is 13.1. The molecule has 2 aliphatic heterocycles. The molecule has 8 heteroatoms. The first kappa shape index (κ1) is 30.2. The molecule has 3 heterocycles. The number of carbonyl (C=O) groups is 4. The summed E-state index contributed by atoms with van der Waals surface area (Å²) in [5.41, 5.74) is 5.11. The fraction of sp³-hybridized carbons (Fsp3) is 0.231. The molecule has 8 nitrogen and oxygen atoms in total. The quantitative estimate of drug-likeness (QED) is 0.147. The molecule has 0 spiro atoms. The second-order valence-corrected chi connectivity index (χ2v) is 12.1. The molecular formula is C39H36N4O4. The van der Waals surface area contributed by atoms with Crippen molar-refractivity contribution in [2.75, 3.05) is 26.2 Å². The van der Waals surface area contributed by atoms with Gasteiger partial charge in [-0.05, 0) is 42.2 Å². The van der Waals surface area contributed by atoms with E-state index in [0.717, 1.165) is 40.6 Å². The highest BCUT2D eigenvalue weighted by Gasteiger charge is 2.36. The third-order valence-corrected chi connectivity index (χ3v) is 9.27. The van der Waals surface area contributed by atoms with E-state index in [9.17, 15) is 19.2 Å². The summed E-state index contributed by atoms with van der Waals surface area (Å²) in [4.78, 5) is 56.3. The van der Waals surface area contributed by atoms with Crippen LogP contribution in [0.5, 0.6) is 0 Å². The molecule has 0 unspecified atom stereocenters. The van der Waals surface area contributed by atoms with Gasteiger partial charge in [-0.3, -0.25) is 24.1 Å². The van der Waals surface area contributed by atoms with E-state index in [-0.39, 0.29) is 42.6 Å². The minimum Gasteiger partial charge on any atom is -0.351 e. The molecule has 4 aromatic carbocycles. The number of rotatable bonds is 11. The van der Waals surface area contributed by atoms with E-state index in [1.807, 2.05) is 70.1 Å². The van der Waals surface area contributed by atoms with Crippen LogP contribution in [-0.4, -0.2) is 64.2 Å². The Morgan fingerprint density at radius 2 is 1.30 bits per heavy atom. The van der Waals surface area contributed by atoms with Gasteiger partial charge in [0.15, 0.2) is 0 Å². The zero-order chi connectivity index (χ0) is 32.3. The van der Waals surface area contributed by atoms with Crippen LogP contribution in [-0.2, 0) is 11.3 Å². The van der Waals surface area contributed by atoms with Gasteiger partial charge in [0.05, 0.1) is 11.1 Å². The highest BCUT2D eigenvalue weighted by molar-refractivity contribution is 6.21. The number of carbonyl (C=O) groups excluding carboxylic acids is 4. The topological polar surface area (TPSA) is 91.7 Å². The number of nitrogens with one attached hydrogen (secondary N) is 1. The average Bonchev–Trinajstić information content (AvgIpc) is 3.75. The van der Waals surface area contributed by atoms with Crippen molar-refractivity contribution in [3.63, 3.8) is 0 Å². The van der Waals surface area contributed by atoms with Crippen LogP contribution in [0.2, 0.25) is 0 Å². The fourth-order valence-corrected chi connectivity index (χ4v) is 7.05. The molecule has 2 aliphatic rings. The zero-order valence-corrected chi connectivity index (χ0v) is 26.1. The number of likely N-dealkylation sites (tertiary alicyclic amines) is 1. The summed E-state index contributed by atoms with van der Waals surface area (Å²) in [6.45, 7) is 2.13. The number of fused-ring (bicyclic) bond motifs is 2. The van der Waals surface area contributed by atoms with Crippen LogP contribution in [0.4, 0.5) is 0 Å². The van der Waals surface area contributed by atoms with E-state index in [1.54, 1.807) is 24.3 Å². The molecule has 236 valence electrons. The van der Waals surface area contributed by atoms with Gasteiger partial charge in [0.2, 0.25) is 5.91 Å². The Balaban J connectivity index is 1.30. The van der Waals surface area contributed by atoms with Crippen molar-refractivity contribution in [2.24, 2.45) is 0 Å². The smallest absolute Gasteiger partial charge is 0.268 e. The third kappa shape index (κ3) is 5.71. The highest BCUT2D eigenvalue weighted by atomic mass is 16.2. The van der Waals surface area contributed by atoms with E-state index in [2.05, 4.69) is 29.6 Å². The monoisotopic (exact) mass is 624 g/mol. The summed E-state index contributed by atoms with van der Waals surface area (Å²) in [6.07, 6.45) is 2.11. The van der Waals surface area contributed by atoms with Gasteiger partial charge in [-0.25, -0.2) is 0 Å². The Labute approximate surface area is 273 Å². The number of nitrogens with zero attached hydrogens (tertiary/aromatic N) is 3. The van der Waals surface area contributed by atoms with E-state index in [0.29, 0.717) is 42.8 Å². The molecule has 7 rings (SSSR count). The van der Waals surface area contributed by atoms with Crippen LogP contribution in [0.15, 0.2) is 109 Å². The van der Waals surface area contributed by atoms with Gasteiger partial charge in [0.1, 0.15) is 5.69 Å². The first-order valence-electron chi connectivity index (χ1n) is 16.2. The predicted molar refractivity (Wildman–Crippen MR) is 180 cm³/mol. The maximum Gasteiger partial charge on any atom is 0.268 e. The Kier molecular flexibility index (Phi) is 8.40. The minimum atomic E-state index is -0.323. The number of amides is 4. The Morgan fingerprint density at radius 3 is 1.91 bits per heavy atom. The minimum absolute atomic E-state index is 0.114. The molecule has 0 radical (unpaired) electrons. The summed E-state index contributed by atoms with van der Waals surface area (Å²) >= 11 is 0. The van der Waals surface area contributed by atoms with E-state index in [1.165, 1.54) is 4.90 Å². The molecule has 1 aromatic heterocycles. The van der Waals surface area contributed by atoms with Crippen molar-refractivity contribution in [2.45, 2.75) is 31.7 Å². The van der Waals surface area contributed by atoms with E-state index >= 15 is 0 Å². The molecule has 1 saturated heterocycles. The highest BCUT2D eigenvalue weighted by Crippen LogP contribution is 2.40. The molecule has 47 heavy (non-hydrogen) atoms. The molecule has 0 atom stereocenters. The van der Waals surface area contributed by atoms with Crippen LogP contribution in [0.1, 0.15) is 73.1 Å². The van der Waals surface area contributed by atoms with Crippen molar-refractivity contribution >= 4 is 34.5 Å². The normalized spacial score (nSPS) is 14.4. The first-order valence-corrected chi connectivity index (χ1v) is 16.2. The van der Waals surface area contributed by atoms with Gasteiger partial charge in [0.25, 0.3) is 17.7 Å². The summed E-state index contributed by atoms with van der Waals surface area (Å²) in [5, 5.41) is 4.08. The Bertz CT molecular complexity index is 1890. The summed E-state index contributed by atoms with van der Waals surface area (Å²) in [5.74, 6) is -0.971. The maximum absolute atomic E-state index is 14.4. The lowest BCUT2D eigenvalue weighted by molar-refractivity contribution is -0.127. The van der Waals surface area contributed by atoms with Crippen molar-refractivity contribution < 1.29 is 19.2 Å². The van der Waals surface area contributed by atoms with Crippen LogP contribution in [0.25, 0.3) is 10.9 Å². The lowest BCUT2D eigenvalue weighted by Crippen LogP contribution is -2.35. The summed E-state index contributed by atoms with van der Waals surface area (Å²) < 4.78 is 1.96. The lowest BCUT2D eigenvalue weighted by Gasteiger charge is -2.22. The van der Waals surface area contributed by atoms with Gasteiger partial charge >= 0.3 is 0 Å². The zero-order valence-electron chi connectivity index (χ0n) is 26.1. The number of hydrogen-bond donors (Lipinski definition) is 1. The second-order valence-electron chi connectivity index (χ2n) is 12.1. The summed E-state index contributed by atoms with van der Waals surface area (Å²) in [7, 11) is 0. The van der Waals surface area contributed by atoms with E-state index in [4.69, 9.17) is 0 Å². The van der Waals surface area contributed by atoms with Gasteiger partial charge in [-0.15, -0.1) is 0 Å². The lowest BCUT2D eigenvalue weighted by atomic mass is 9.83. The largest absolute Gasteiger partial charge is 0.351 e. The molecule has 1 N–H and O–H groups in total. The molecule has 4 amide bonds. The van der Waals surface area contributed by atoms with Crippen molar-refractivity contribution in [1.82, 2.24) is 19.7 Å². The fourth-order valence-electron chi connectivity index (χ4n) is 7.05. The number of benzene rings is 4. The van der Waals surface area contributed by atoms with Crippen LogP contribution in [0.3, 0.4) is 0 Å². The molecule has 0 saturated carbocycles. The van der Waals surface area contributed by atoms with Crippen LogP contribution < -0.4 is 5.32 Å². The van der Waals surface area contributed by atoms with Crippen molar-refractivity contribution in [3.8, 4) is 0 Å². The van der Waals surface area contributed by atoms with Crippen LogP contribution >= 0.6 is 0 Å². The molecular weight excluding hydrogens is 588 g/mol. The van der Waals surface area contributed by atoms with Crippen molar-refractivity contribution in [3.05, 3.63) is 143 Å². The molecule has 0 bridgehead atoms. The number of hydrogen-bond acceptors (Lipinski definition) is 4. The molecule has 0 aliphatic carbocycles. The predicted octanol–water partition coefficient (Wildman–Crippen LogP) is 5.86. The number of imide groups is 1. The van der Waals surface area contributed by atoms with Gasteiger partial charge in [0, 0.05) is 61.5 Å². The SMILES string of the molecule is O=C(NCCCN1CCCC1=O)c1c(C(c2ccccc2)c2ccccc2)c2ccccc2n1CCN1C(=O)c2ccccc2C1=O. The van der Waals surface area contributed by atoms with Gasteiger partial charge in [-0.2, -0.15) is 0 Å². The molecule has 1 fully saturated rings. The Hall–Kier alpha value is -5.50. The third-order valence-electron chi connectivity index (χ3n) is 9.27. The first-order chi connectivity index (χ1) is 23.0. The van der Waals surface area contributed by atoms with Gasteiger partial charge < -0.3 is 14.8 Å². The number of para-hydroxylation sites is 1. The molecule has 5 aromatic rings. The standard InChI is InChI=1S/C39H36N4O4/c44-33-21-11-23-41(33)24-12-22-40-37(45)36-35(34(27-13-3-1-4-14-27)28-15-5-2-6-16-28)31-19-9-10-20-32(31)42(36)25-26-43-38(46)29-17-7-8-18-30(29)39(43)47/h1-10,13-20,34H,11-12,21-26H2,(H,40,45).